The molecule has 1 aliphatic carbocycles. The van der Waals surface area contributed by atoms with Crippen LogP contribution in [-0.4, -0.2) is 89.1 Å². The van der Waals surface area contributed by atoms with E-state index in [1.807, 2.05) is 11.0 Å². The van der Waals surface area contributed by atoms with Crippen molar-refractivity contribution in [3.8, 4) is 0 Å². The number of hydrogen-bond donors (Lipinski definition) is 1. The molecule has 2 fully saturated rings. The topological polar surface area (TPSA) is 67.3 Å². The molecule has 3 heterocycles. The maximum Gasteiger partial charge on any atom is 0.254 e. The second kappa shape index (κ2) is 9.20. The van der Waals surface area contributed by atoms with Gasteiger partial charge in [-0.3, -0.25) is 14.5 Å². The number of carbonyl (C=O) groups is 2. The summed E-state index contributed by atoms with van der Waals surface area (Å²) in [4.78, 5) is 33.8. The molecule has 7 heteroatoms. The Morgan fingerprint density at radius 1 is 0.972 bits per heavy atom. The summed E-state index contributed by atoms with van der Waals surface area (Å²) >= 11 is 0. The van der Waals surface area contributed by atoms with Crippen LogP contribution in [0.3, 0.4) is 0 Å². The maximum absolute atomic E-state index is 13.3. The first-order valence-corrected chi connectivity index (χ1v) is 13.3. The van der Waals surface area contributed by atoms with Crippen molar-refractivity contribution in [2.45, 2.75) is 50.8 Å². The van der Waals surface area contributed by atoms with Crippen LogP contribution in [0, 0.1) is 0 Å². The van der Waals surface area contributed by atoms with E-state index in [1.54, 1.807) is 6.92 Å². The quantitative estimate of drug-likeness (QED) is 0.700. The Kier molecular flexibility index (Phi) is 6.00. The predicted octanol–water partition coefficient (Wildman–Crippen LogP) is 2.31. The number of fused-ring (bicyclic) bond motifs is 2. The second-order valence-electron chi connectivity index (χ2n) is 11.1. The van der Waals surface area contributed by atoms with E-state index in [9.17, 15) is 14.7 Å². The Labute approximate surface area is 213 Å². The van der Waals surface area contributed by atoms with Crippen molar-refractivity contribution in [1.29, 1.82) is 0 Å². The van der Waals surface area contributed by atoms with Crippen LogP contribution in [0.1, 0.15) is 46.8 Å². The van der Waals surface area contributed by atoms with Gasteiger partial charge in [-0.2, -0.15) is 0 Å². The highest BCUT2D eigenvalue weighted by Crippen LogP contribution is 2.45. The number of rotatable bonds is 5. The van der Waals surface area contributed by atoms with Crippen molar-refractivity contribution < 1.29 is 14.7 Å². The van der Waals surface area contributed by atoms with Crippen LogP contribution < -0.4 is 4.90 Å². The molecule has 0 bridgehead atoms. The summed E-state index contributed by atoms with van der Waals surface area (Å²) in [6, 6.07) is 14.7. The van der Waals surface area contributed by atoms with Gasteiger partial charge in [-0.1, -0.05) is 24.3 Å². The molecule has 190 valence electrons. The lowest BCUT2D eigenvalue weighted by molar-refractivity contribution is -0.132. The van der Waals surface area contributed by atoms with Crippen molar-refractivity contribution in [2.75, 3.05) is 50.7 Å². The first-order valence-electron chi connectivity index (χ1n) is 13.3. The molecule has 2 aromatic rings. The number of hydrogen-bond acceptors (Lipinski definition) is 5. The minimum absolute atomic E-state index is 0.0131. The summed E-state index contributed by atoms with van der Waals surface area (Å²) in [6.07, 6.45) is 3.40. The van der Waals surface area contributed by atoms with Crippen LogP contribution in [0.25, 0.3) is 0 Å². The summed E-state index contributed by atoms with van der Waals surface area (Å²) < 4.78 is 0. The SMILES string of the molecule is CC(=O)N1CCN(c2ccc3c(c2)CCN(CC(O)CN2CCc4ccccc4C2)C3=O)CC12CC2. The number of aliphatic hydroxyl groups excluding tert-OH is 1. The van der Waals surface area contributed by atoms with E-state index >= 15 is 0 Å². The fourth-order valence-electron chi connectivity index (χ4n) is 6.48. The molecule has 4 aliphatic rings. The van der Waals surface area contributed by atoms with Gasteiger partial charge in [0.2, 0.25) is 5.91 Å². The monoisotopic (exact) mass is 488 g/mol. The standard InChI is InChI=1S/C29H36N4O3/c1-21(34)33-15-14-32(20-29(33)10-11-29)25-6-7-27-23(16-25)9-13-31(28(27)36)19-26(35)18-30-12-8-22-4-2-3-5-24(22)17-30/h2-7,16,26,35H,8-15,17-20H2,1H3. The summed E-state index contributed by atoms with van der Waals surface area (Å²) in [6.45, 7) is 7.52. The number of piperazine rings is 1. The van der Waals surface area contributed by atoms with Crippen LogP contribution >= 0.6 is 0 Å². The van der Waals surface area contributed by atoms with Gasteiger partial charge in [0, 0.05) is 70.5 Å². The third-order valence-electron chi connectivity index (χ3n) is 8.59. The Morgan fingerprint density at radius 3 is 2.53 bits per heavy atom. The molecule has 2 aromatic carbocycles. The van der Waals surface area contributed by atoms with Crippen LogP contribution in [0.5, 0.6) is 0 Å². The average molecular weight is 489 g/mol. The Balaban J connectivity index is 1.07. The third kappa shape index (κ3) is 4.39. The minimum atomic E-state index is -0.563. The smallest absolute Gasteiger partial charge is 0.254 e. The second-order valence-corrected chi connectivity index (χ2v) is 11.1. The van der Waals surface area contributed by atoms with Crippen LogP contribution in [0.15, 0.2) is 42.5 Å². The Morgan fingerprint density at radius 2 is 1.75 bits per heavy atom. The molecule has 2 amide bonds. The van der Waals surface area contributed by atoms with Crippen LogP contribution in [0.4, 0.5) is 5.69 Å². The van der Waals surface area contributed by atoms with Crippen LogP contribution in [0.2, 0.25) is 0 Å². The molecule has 1 atom stereocenters. The number of anilines is 1. The zero-order valence-electron chi connectivity index (χ0n) is 21.2. The maximum atomic E-state index is 13.3. The molecule has 1 spiro atoms. The Hall–Kier alpha value is -2.90. The first kappa shape index (κ1) is 23.5. The van der Waals surface area contributed by atoms with Crippen molar-refractivity contribution in [3.63, 3.8) is 0 Å². The normalized spacial score (nSPS) is 21.8. The number of β-amino-alcohol motifs (C(OH)–C–C–N with tert-alkyl or cyclic N) is 1. The summed E-state index contributed by atoms with van der Waals surface area (Å²) in [5.74, 6) is 0.196. The molecular formula is C29H36N4O3. The fraction of sp³-hybridized carbons (Fsp3) is 0.517. The van der Waals surface area contributed by atoms with E-state index < -0.39 is 6.10 Å². The van der Waals surface area contributed by atoms with E-state index in [4.69, 9.17) is 0 Å². The van der Waals surface area contributed by atoms with Crippen molar-refractivity contribution in [3.05, 3.63) is 64.7 Å². The highest BCUT2D eigenvalue weighted by molar-refractivity contribution is 5.97. The molecule has 1 N–H and O–H groups in total. The largest absolute Gasteiger partial charge is 0.390 e. The molecule has 7 nitrogen and oxygen atoms in total. The lowest BCUT2D eigenvalue weighted by atomic mass is 9.97. The average Bonchev–Trinajstić information content (AvgIpc) is 3.64. The molecular weight excluding hydrogens is 452 g/mol. The molecule has 1 unspecified atom stereocenters. The molecule has 0 radical (unpaired) electrons. The van der Waals surface area contributed by atoms with Gasteiger partial charge in [0.25, 0.3) is 5.91 Å². The van der Waals surface area contributed by atoms with Gasteiger partial charge in [0.15, 0.2) is 0 Å². The molecule has 1 saturated heterocycles. The van der Waals surface area contributed by atoms with E-state index in [0.29, 0.717) is 19.6 Å². The lowest BCUT2D eigenvalue weighted by Crippen LogP contribution is -2.56. The molecule has 3 aliphatic heterocycles. The van der Waals surface area contributed by atoms with Gasteiger partial charge in [-0.05, 0) is 60.6 Å². The Bertz CT molecular complexity index is 1180. The highest BCUT2D eigenvalue weighted by Gasteiger charge is 2.52. The number of aliphatic hydroxyl groups is 1. The predicted molar refractivity (Wildman–Crippen MR) is 139 cm³/mol. The van der Waals surface area contributed by atoms with E-state index in [-0.39, 0.29) is 17.4 Å². The van der Waals surface area contributed by atoms with Crippen LogP contribution in [-0.2, 0) is 24.2 Å². The van der Waals surface area contributed by atoms with E-state index in [2.05, 4.69) is 51.1 Å². The highest BCUT2D eigenvalue weighted by atomic mass is 16.3. The van der Waals surface area contributed by atoms with Gasteiger partial charge in [-0.15, -0.1) is 0 Å². The van der Waals surface area contributed by atoms with E-state index in [1.165, 1.54) is 11.1 Å². The zero-order valence-corrected chi connectivity index (χ0v) is 21.2. The number of benzene rings is 2. The first-order chi connectivity index (χ1) is 17.4. The van der Waals surface area contributed by atoms with Gasteiger partial charge in [0.1, 0.15) is 0 Å². The van der Waals surface area contributed by atoms with Gasteiger partial charge < -0.3 is 19.8 Å². The third-order valence-corrected chi connectivity index (χ3v) is 8.59. The fourth-order valence-corrected chi connectivity index (χ4v) is 6.48. The van der Waals surface area contributed by atoms with Crippen molar-refractivity contribution in [2.24, 2.45) is 0 Å². The minimum Gasteiger partial charge on any atom is -0.390 e. The molecule has 6 rings (SSSR count). The van der Waals surface area contributed by atoms with Crippen molar-refractivity contribution >= 4 is 17.5 Å². The number of amides is 2. The molecule has 1 saturated carbocycles. The van der Waals surface area contributed by atoms with Crippen molar-refractivity contribution in [1.82, 2.24) is 14.7 Å². The summed E-state index contributed by atoms with van der Waals surface area (Å²) in [5, 5.41) is 10.8. The van der Waals surface area contributed by atoms with Gasteiger partial charge in [-0.25, -0.2) is 0 Å². The zero-order chi connectivity index (χ0) is 24.9. The summed E-state index contributed by atoms with van der Waals surface area (Å²) in [5.41, 5.74) is 5.75. The van der Waals surface area contributed by atoms with Gasteiger partial charge >= 0.3 is 0 Å². The molecule has 0 aromatic heterocycles. The van der Waals surface area contributed by atoms with Gasteiger partial charge in [0.05, 0.1) is 11.6 Å². The van der Waals surface area contributed by atoms with E-state index in [0.717, 1.165) is 75.2 Å². The number of carbonyl (C=O) groups excluding carboxylic acids is 2. The number of nitrogens with zero attached hydrogens (tertiary/aromatic N) is 4. The lowest BCUT2D eigenvalue weighted by Gasteiger charge is -2.43. The molecule has 36 heavy (non-hydrogen) atoms. The summed E-state index contributed by atoms with van der Waals surface area (Å²) in [7, 11) is 0.